The summed E-state index contributed by atoms with van der Waals surface area (Å²) in [6.45, 7) is 11.7. The average Bonchev–Trinajstić information content (AvgIpc) is 2.31. The maximum atomic E-state index is 3.91. The molecule has 0 spiro atoms. The van der Waals surface area contributed by atoms with Crippen LogP contribution in [0.2, 0.25) is 0 Å². The highest BCUT2D eigenvalue weighted by Gasteiger charge is 2.33. The number of hydrogen-bond acceptors (Lipinski definition) is 0. The van der Waals surface area contributed by atoms with E-state index in [2.05, 4.69) is 68.3 Å². The summed E-state index contributed by atoms with van der Waals surface area (Å²) in [5.74, 6) is 0. The van der Waals surface area contributed by atoms with E-state index in [1.807, 2.05) is 0 Å². The number of benzene rings is 1. The van der Waals surface area contributed by atoms with Crippen LogP contribution in [0.25, 0.3) is 0 Å². The molecule has 0 unspecified atom stereocenters. The van der Waals surface area contributed by atoms with E-state index in [9.17, 15) is 0 Å². The van der Waals surface area contributed by atoms with Gasteiger partial charge in [0, 0.05) is 7.26 Å². The second-order valence-corrected chi connectivity index (χ2v) is 8.49. The van der Waals surface area contributed by atoms with Crippen LogP contribution < -0.4 is 0 Å². The predicted octanol–water partition coefficient (Wildman–Crippen LogP) is 4.76. The van der Waals surface area contributed by atoms with Crippen LogP contribution in [0, 0.1) is 0 Å². The van der Waals surface area contributed by atoms with E-state index < -0.39 is 7.26 Å². The second kappa shape index (κ2) is 7.25. The van der Waals surface area contributed by atoms with Gasteiger partial charge in [-0.3, -0.25) is 0 Å². The third-order valence-corrected chi connectivity index (χ3v) is 7.04. The topological polar surface area (TPSA) is 0 Å². The summed E-state index contributed by atoms with van der Waals surface area (Å²) in [5, 5.41) is 0. The van der Waals surface area contributed by atoms with E-state index in [-0.39, 0.29) is 0 Å². The zero-order valence-corrected chi connectivity index (χ0v) is 11.4. The van der Waals surface area contributed by atoms with E-state index in [4.69, 9.17) is 0 Å². The summed E-state index contributed by atoms with van der Waals surface area (Å²) in [4.78, 5) is 0. The molecule has 0 nitrogen and oxygen atoms in total. The molecule has 0 aliphatic rings. The molecule has 1 rings (SSSR count). The van der Waals surface area contributed by atoms with Crippen LogP contribution in [0.4, 0.5) is 0 Å². The summed E-state index contributed by atoms with van der Waals surface area (Å²) in [6.07, 6.45) is 10.7. The zero-order chi connectivity index (χ0) is 12.6. The first-order chi connectivity index (χ1) is 8.26. The van der Waals surface area contributed by atoms with Crippen LogP contribution in [0.15, 0.2) is 68.3 Å². The van der Waals surface area contributed by atoms with Crippen molar-refractivity contribution in [2.45, 2.75) is 6.16 Å². The van der Waals surface area contributed by atoms with Gasteiger partial charge in [0.1, 0.15) is 0 Å². The maximum absolute atomic E-state index is 3.91. The predicted molar refractivity (Wildman–Crippen MR) is 82.3 cm³/mol. The summed E-state index contributed by atoms with van der Waals surface area (Å²) in [5.41, 5.74) is 1.42. The second-order valence-electron chi connectivity index (χ2n) is 4.40. The van der Waals surface area contributed by atoms with Gasteiger partial charge < -0.3 is 0 Å². The Hall–Kier alpha value is -1.13. The Bertz CT molecular complexity index is 338. The maximum Gasteiger partial charge on any atom is 0.0852 e. The van der Waals surface area contributed by atoms with Crippen LogP contribution in [0.3, 0.4) is 0 Å². The molecule has 17 heavy (non-hydrogen) atoms. The summed E-state index contributed by atoms with van der Waals surface area (Å²) >= 11 is 0. The summed E-state index contributed by atoms with van der Waals surface area (Å²) in [7, 11) is -1.07. The molecule has 1 aromatic rings. The highest BCUT2D eigenvalue weighted by molar-refractivity contribution is 7.75. The first kappa shape index (κ1) is 13.9. The van der Waals surface area contributed by atoms with Crippen LogP contribution in [0.1, 0.15) is 5.56 Å². The van der Waals surface area contributed by atoms with Crippen LogP contribution >= 0.6 is 7.26 Å². The first-order valence-electron chi connectivity index (χ1n) is 5.98. The van der Waals surface area contributed by atoms with Gasteiger partial charge in [-0.25, -0.2) is 0 Å². The smallest absolute Gasteiger partial charge is 0.0852 e. The standard InChI is InChI=1S/C16H22P/c1-4-12-17(13-5-2,14-6-3)15-16-10-8-7-9-11-16/h4-11H,1-3,12-15H2/q+1. The van der Waals surface area contributed by atoms with Crippen molar-refractivity contribution < 1.29 is 0 Å². The molecule has 0 aliphatic heterocycles. The molecule has 0 N–H and O–H groups in total. The van der Waals surface area contributed by atoms with E-state index in [0.717, 1.165) is 24.6 Å². The third-order valence-electron chi connectivity index (χ3n) is 2.91. The molecule has 0 saturated carbocycles. The van der Waals surface area contributed by atoms with Crippen molar-refractivity contribution in [2.24, 2.45) is 0 Å². The molecule has 0 atom stereocenters. The minimum Gasteiger partial charge on any atom is -0.0995 e. The first-order valence-corrected chi connectivity index (χ1v) is 8.51. The molecule has 0 heterocycles. The fraction of sp³-hybridized carbons (Fsp3) is 0.250. The van der Waals surface area contributed by atoms with Crippen molar-refractivity contribution in [3.05, 3.63) is 73.9 Å². The lowest BCUT2D eigenvalue weighted by Gasteiger charge is -2.24. The molecule has 90 valence electrons. The zero-order valence-electron chi connectivity index (χ0n) is 10.5. The fourth-order valence-electron chi connectivity index (χ4n) is 2.21. The molecule has 1 aromatic carbocycles. The van der Waals surface area contributed by atoms with Crippen molar-refractivity contribution >= 4 is 7.26 Å². The monoisotopic (exact) mass is 245 g/mol. The van der Waals surface area contributed by atoms with E-state index in [1.54, 1.807) is 0 Å². The quantitative estimate of drug-likeness (QED) is 0.457. The van der Waals surface area contributed by atoms with Crippen LogP contribution in [-0.4, -0.2) is 18.5 Å². The Kier molecular flexibility index (Phi) is 5.94. The van der Waals surface area contributed by atoms with Gasteiger partial charge in [-0.1, -0.05) is 68.3 Å². The van der Waals surface area contributed by atoms with Gasteiger partial charge in [0.25, 0.3) is 0 Å². The minimum absolute atomic E-state index is 1.07. The van der Waals surface area contributed by atoms with Gasteiger partial charge in [-0.05, 0) is 5.56 Å². The summed E-state index contributed by atoms with van der Waals surface area (Å²) < 4.78 is 0. The Balaban J connectivity index is 2.90. The van der Waals surface area contributed by atoms with E-state index in [0.29, 0.717) is 0 Å². The molecule has 0 aliphatic carbocycles. The molecule has 0 aromatic heterocycles. The largest absolute Gasteiger partial charge is 0.0995 e. The molecule has 0 saturated heterocycles. The fourth-order valence-corrected chi connectivity index (χ4v) is 5.67. The lowest BCUT2D eigenvalue weighted by atomic mass is 10.2. The number of rotatable bonds is 8. The SMILES string of the molecule is C=CC[P+](CC=C)(CC=C)Cc1ccccc1. The molecule has 1 heteroatoms. The number of hydrogen-bond donors (Lipinski definition) is 0. The Morgan fingerprint density at radius 3 is 1.71 bits per heavy atom. The molecular weight excluding hydrogens is 223 g/mol. The lowest BCUT2D eigenvalue weighted by Crippen LogP contribution is -2.07. The highest BCUT2D eigenvalue weighted by Crippen LogP contribution is 2.61. The highest BCUT2D eigenvalue weighted by atomic mass is 31.2. The van der Waals surface area contributed by atoms with Crippen LogP contribution in [-0.2, 0) is 6.16 Å². The normalized spacial score (nSPS) is 10.8. The van der Waals surface area contributed by atoms with Gasteiger partial charge in [0.15, 0.2) is 0 Å². The molecule has 0 radical (unpaired) electrons. The van der Waals surface area contributed by atoms with Crippen molar-refractivity contribution in [1.29, 1.82) is 0 Å². The van der Waals surface area contributed by atoms with Gasteiger partial charge >= 0.3 is 0 Å². The number of allylic oxidation sites excluding steroid dienone is 3. The van der Waals surface area contributed by atoms with Crippen molar-refractivity contribution in [1.82, 2.24) is 0 Å². The molecule has 0 amide bonds. The lowest BCUT2D eigenvalue weighted by molar-refractivity contribution is 1.32. The third kappa shape index (κ3) is 4.32. The van der Waals surface area contributed by atoms with Crippen molar-refractivity contribution in [2.75, 3.05) is 18.5 Å². The van der Waals surface area contributed by atoms with Gasteiger partial charge in [-0.2, -0.15) is 0 Å². The van der Waals surface area contributed by atoms with Crippen molar-refractivity contribution in [3.8, 4) is 0 Å². The van der Waals surface area contributed by atoms with Crippen LogP contribution in [0.5, 0.6) is 0 Å². The Morgan fingerprint density at radius 2 is 1.29 bits per heavy atom. The molecular formula is C16H22P+. The molecule has 0 fully saturated rings. The summed E-state index contributed by atoms with van der Waals surface area (Å²) in [6, 6.07) is 10.7. The van der Waals surface area contributed by atoms with Gasteiger partial charge in [0.2, 0.25) is 0 Å². The Morgan fingerprint density at radius 1 is 0.824 bits per heavy atom. The van der Waals surface area contributed by atoms with Gasteiger partial charge in [-0.15, -0.1) is 0 Å². The van der Waals surface area contributed by atoms with Gasteiger partial charge in [0.05, 0.1) is 24.6 Å². The van der Waals surface area contributed by atoms with E-state index >= 15 is 0 Å². The van der Waals surface area contributed by atoms with Crippen molar-refractivity contribution in [3.63, 3.8) is 0 Å². The molecule has 0 bridgehead atoms. The minimum atomic E-state index is -1.07. The Labute approximate surface area is 106 Å². The van der Waals surface area contributed by atoms with E-state index in [1.165, 1.54) is 5.56 Å². The average molecular weight is 245 g/mol.